The number of nitrogens with one attached hydrogen (secondary N) is 2. The molecule has 0 unspecified atom stereocenters. The van der Waals surface area contributed by atoms with Crippen molar-refractivity contribution >= 4 is 17.4 Å². The first-order valence-corrected chi connectivity index (χ1v) is 10.2. The van der Waals surface area contributed by atoms with Crippen LogP contribution in [0.15, 0.2) is 6.08 Å². The van der Waals surface area contributed by atoms with Gasteiger partial charge in [0.2, 0.25) is 0 Å². The highest BCUT2D eigenvalue weighted by molar-refractivity contribution is 6.01. The van der Waals surface area contributed by atoms with Crippen LogP contribution in [0.25, 0.3) is 5.70 Å². The summed E-state index contributed by atoms with van der Waals surface area (Å²) in [7, 11) is 0. The third-order valence-electron chi connectivity index (χ3n) is 6.76. The summed E-state index contributed by atoms with van der Waals surface area (Å²) in [5.74, 6) is 1.62. The summed E-state index contributed by atoms with van der Waals surface area (Å²) >= 11 is 0. The summed E-state index contributed by atoms with van der Waals surface area (Å²) in [6, 6.07) is 0. The first kappa shape index (κ1) is 16.4. The molecule has 1 aromatic heterocycles. The van der Waals surface area contributed by atoms with Gasteiger partial charge in [0.05, 0.1) is 5.69 Å². The first-order valence-electron chi connectivity index (χ1n) is 10.2. The predicted molar refractivity (Wildman–Crippen MR) is 102 cm³/mol. The molecule has 6 heteroatoms. The van der Waals surface area contributed by atoms with E-state index < -0.39 is 0 Å². The molecule has 4 heterocycles. The van der Waals surface area contributed by atoms with Gasteiger partial charge in [0, 0.05) is 31.2 Å². The Morgan fingerprint density at radius 1 is 1.27 bits per heavy atom. The molecule has 1 saturated carbocycles. The van der Waals surface area contributed by atoms with E-state index in [4.69, 9.17) is 5.10 Å². The van der Waals surface area contributed by atoms with Crippen molar-refractivity contribution in [2.45, 2.75) is 45.4 Å². The van der Waals surface area contributed by atoms with Crippen LogP contribution in [-0.4, -0.2) is 53.3 Å². The quantitative estimate of drug-likeness (QED) is 0.856. The Labute approximate surface area is 155 Å². The zero-order valence-electron chi connectivity index (χ0n) is 15.7. The number of fused-ring (bicyclic) bond motifs is 1. The summed E-state index contributed by atoms with van der Waals surface area (Å²) < 4.78 is 2.03. The molecule has 6 nitrogen and oxygen atoms in total. The molecule has 1 spiro atoms. The number of piperidine rings is 2. The van der Waals surface area contributed by atoms with E-state index in [9.17, 15) is 4.79 Å². The number of allylic oxidation sites excluding steroid dienone is 1. The van der Waals surface area contributed by atoms with Gasteiger partial charge in [-0.2, -0.15) is 5.10 Å². The molecule has 2 N–H and O–H groups in total. The molecule has 3 aliphatic heterocycles. The number of carbonyl (C=O) groups excluding carboxylic acids is 1. The SMILES string of the molecule is Cc1nn2c(c1C(=O)N1CCCC3(CC3)C1)NCC=C2C1CCNCC1. The van der Waals surface area contributed by atoms with Crippen LogP contribution >= 0.6 is 0 Å². The summed E-state index contributed by atoms with van der Waals surface area (Å²) in [4.78, 5) is 15.4. The number of aryl methyl sites for hydroxylation is 1. The number of aromatic nitrogens is 2. The third kappa shape index (κ3) is 2.66. The van der Waals surface area contributed by atoms with E-state index in [0.29, 0.717) is 11.3 Å². The van der Waals surface area contributed by atoms with Gasteiger partial charge >= 0.3 is 0 Å². The van der Waals surface area contributed by atoms with Gasteiger partial charge in [-0.25, -0.2) is 4.68 Å². The normalized spacial score (nSPS) is 24.8. The second kappa shape index (κ2) is 6.12. The van der Waals surface area contributed by atoms with Crippen LogP contribution in [0.4, 0.5) is 5.82 Å². The van der Waals surface area contributed by atoms with E-state index in [0.717, 1.165) is 69.1 Å². The van der Waals surface area contributed by atoms with Crippen LogP contribution in [0.1, 0.15) is 54.6 Å². The van der Waals surface area contributed by atoms with E-state index in [-0.39, 0.29) is 5.91 Å². The fraction of sp³-hybridized carbons (Fsp3) is 0.700. The van der Waals surface area contributed by atoms with Gasteiger partial charge in [-0.05, 0) is 70.0 Å². The average Bonchev–Trinajstić information content (AvgIpc) is 3.32. The maximum absolute atomic E-state index is 13.4. The number of amides is 1. The topological polar surface area (TPSA) is 62.2 Å². The molecule has 1 aliphatic carbocycles. The van der Waals surface area contributed by atoms with Crippen molar-refractivity contribution < 1.29 is 4.79 Å². The van der Waals surface area contributed by atoms with Crippen molar-refractivity contribution in [2.75, 3.05) is 38.0 Å². The Bertz CT molecular complexity index is 754. The Balaban J connectivity index is 1.44. The number of nitrogens with zero attached hydrogens (tertiary/aromatic N) is 3. The standard InChI is InChI=1S/C20H29N5O/c1-14-17(19(26)24-12-2-6-20(13-24)7-8-20)18-22-11-5-16(25(18)23-14)15-3-9-21-10-4-15/h5,15,21-22H,2-4,6-13H2,1H3. The van der Waals surface area contributed by atoms with E-state index in [1.165, 1.54) is 25.0 Å². The van der Waals surface area contributed by atoms with Gasteiger partial charge in [-0.1, -0.05) is 0 Å². The van der Waals surface area contributed by atoms with Crippen molar-refractivity contribution in [3.63, 3.8) is 0 Å². The van der Waals surface area contributed by atoms with Crippen LogP contribution in [0.5, 0.6) is 0 Å². The van der Waals surface area contributed by atoms with E-state index in [1.54, 1.807) is 0 Å². The van der Waals surface area contributed by atoms with Crippen molar-refractivity contribution in [1.82, 2.24) is 20.0 Å². The van der Waals surface area contributed by atoms with Crippen LogP contribution in [0.3, 0.4) is 0 Å². The summed E-state index contributed by atoms with van der Waals surface area (Å²) in [5, 5.41) is 11.7. The Morgan fingerprint density at radius 3 is 2.85 bits per heavy atom. The molecule has 3 fully saturated rings. The minimum absolute atomic E-state index is 0.175. The van der Waals surface area contributed by atoms with Crippen LogP contribution in [0.2, 0.25) is 0 Å². The summed E-state index contributed by atoms with van der Waals surface area (Å²) in [5.41, 5.74) is 3.37. The van der Waals surface area contributed by atoms with Gasteiger partial charge in [0.15, 0.2) is 0 Å². The van der Waals surface area contributed by atoms with Crippen molar-refractivity contribution in [2.24, 2.45) is 11.3 Å². The zero-order chi connectivity index (χ0) is 17.7. The molecule has 26 heavy (non-hydrogen) atoms. The lowest BCUT2D eigenvalue weighted by molar-refractivity contribution is 0.0655. The Kier molecular flexibility index (Phi) is 3.85. The number of hydrogen-bond donors (Lipinski definition) is 2. The predicted octanol–water partition coefficient (Wildman–Crippen LogP) is 2.47. The Hall–Kier alpha value is -1.82. The Morgan fingerprint density at radius 2 is 2.08 bits per heavy atom. The lowest BCUT2D eigenvalue weighted by Gasteiger charge is -2.33. The molecule has 140 valence electrons. The maximum Gasteiger partial charge on any atom is 0.259 e. The largest absolute Gasteiger partial charge is 0.366 e. The van der Waals surface area contributed by atoms with Crippen molar-refractivity contribution in [3.8, 4) is 0 Å². The monoisotopic (exact) mass is 355 g/mol. The lowest BCUT2D eigenvalue weighted by atomic mass is 9.93. The molecule has 0 radical (unpaired) electrons. The maximum atomic E-state index is 13.4. The zero-order valence-corrected chi connectivity index (χ0v) is 15.7. The smallest absolute Gasteiger partial charge is 0.259 e. The highest BCUT2D eigenvalue weighted by Crippen LogP contribution is 2.52. The van der Waals surface area contributed by atoms with Gasteiger partial charge in [-0.3, -0.25) is 4.79 Å². The van der Waals surface area contributed by atoms with E-state index >= 15 is 0 Å². The highest BCUT2D eigenvalue weighted by atomic mass is 16.2. The van der Waals surface area contributed by atoms with Gasteiger partial charge in [0.25, 0.3) is 5.91 Å². The lowest BCUT2D eigenvalue weighted by Crippen LogP contribution is -2.41. The van der Waals surface area contributed by atoms with E-state index in [2.05, 4.69) is 21.6 Å². The average molecular weight is 355 g/mol. The molecular formula is C20H29N5O. The number of carbonyl (C=O) groups is 1. The van der Waals surface area contributed by atoms with E-state index in [1.807, 2.05) is 11.6 Å². The fourth-order valence-electron chi connectivity index (χ4n) is 5.05. The second-order valence-electron chi connectivity index (χ2n) is 8.59. The van der Waals surface area contributed by atoms with Crippen LogP contribution in [0, 0.1) is 18.3 Å². The fourth-order valence-corrected chi connectivity index (χ4v) is 5.05. The van der Waals surface area contributed by atoms with Gasteiger partial charge in [-0.15, -0.1) is 0 Å². The van der Waals surface area contributed by atoms with Gasteiger partial charge < -0.3 is 15.5 Å². The van der Waals surface area contributed by atoms with Crippen molar-refractivity contribution in [3.05, 3.63) is 17.3 Å². The second-order valence-corrected chi connectivity index (χ2v) is 8.59. The molecule has 2 saturated heterocycles. The number of rotatable bonds is 2. The number of hydrogen-bond acceptors (Lipinski definition) is 4. The molecule has 4 aliphatic rings. The van der Waals surface area contributed by atoms with Crippen LogP contribution in [-0.2, 0) is 0 Å². The molecule has 5 rings (SSSR count). The van der Waals surface area contributed by atoms with Crippen molar-refractivity contribution in [1.29, 1.82) is 0 Å². The molecule has 0 atom stereocenters. The minimum Gasteiger partial charge on any atom is -0.366 e. The van der Waals surface area contributed by atoms with Gasteiger partial charge in [0.1, 0.15) is 11.4 Å². The molecule has 0 aromatic carbocycles. The molecule has 0 bridgehead atoms. The molecular weight excluding hydrogens is 326 g/mol. The molecule has 1 aromatic rings. The highest BCUT2D eigenvalue weighted by Gasteiger charge is 2.47. The molecule has 1 amide bonds. The number of likely N-dealkylation sites (tertiary alicyclic amines) is 1. The summed E-state index contributed by atoms with van der Waals surface area (Å²) in [6.07, 6.45) is 9.56. The number of anilines is 1. The minimum atomic E-state index is 0.175. The third-order valence-corrected chi connectivity index (χ3v) is 6.76. The first-order chi connectivity index (χ1) is 12.7. The van der Waals surface area contributed by atoms with Crippen LogP contribution < -0.4 is 10.6 Å². The summed E-state index contributed by atoms with van der Waals surface area (Å²) in [6.45, 7) is 6.72.